The molecule has 0 saturated carbocycles. The monoisotopic (exact) mass is 408 g/mol. The van der Waals surface area contributed by atoms with Crippen LogP contribution in [-0.2, 0) is 14.8 Å². The van der Waals surface area contributed by atoms with Crippen molar-refractivity contribution in [3.8, 4) is 5.75 Å². The van der Waals surface area contributed by atoms with Crippen molar-refractivity contribution in [1.82, 2.24) is 5.32 Å². The Bertz CT molecular complexity index is 947. The first-order valence-electron chi connectivity index (χ1n) is 8.83. The van der Waals surface area contributed by atoms with Crippen LogP contribution in [0.15, 0.2) is 42.5 Å². The van der Waals surface area contributed by atoms with Gasteiger partial charge in [0.05, 0.1) is 25.1 Å². The molecule has 0 aliphatic heterocycles. The molecule has 0 heterocycles. The summed E-state index contributed by atoms with van der Waals surface area (Å²) < 4.78 is 43.9. The highest BCUT2D eigenvalue weighted by Gasteiger charge is 2.23. The molecule has 1 amide bonds. The van der Waals surface area contributed by atoms with Crippen LogP contribution in [-0.4, -0.2) is 34.2 Å². The number of halogens is 1. The lowest BCUT2D eigenvalue weighted by atomic mass is 10.0. The summed E-state index contributed by atoms with van der Waals surface area (Å²) in [4.78, 5) is 12.6. The third-order valence-corrected chi connectivity index (χ3v) is 5.49. The third-order valence-electron chi connectivity index (χ3n) is 4.35. The van der Waals surface area contributed by atoms with Crippen molar-refractivity contribution in [2.45, 2.75) is 26.3 Å². The summed E-state index contributed by atoms with van der Waals surface area (Å²) in [6, 6.07) is 10.5. The maximum atomic E-state index is 13.5. The van der Waals surface area contributed by atoms with Crippen LogP contribution in [0.1, 0.15) is 30.5 Å². The van der Waals surface area contributed by atoms with Crippen molar-refractivity contribution < 1.29 is 22.3 Å². The molecule has 0 radical (unpaired) electrons. The van der Waals surface area contributed by atoms with E-state index in [1.807, 2.05) is 32.0 Å². The third kappa shape index (κ3) is 5.45. The molecular formula is C20H25FN2O4S. The molecule has 28 heavy (non-hydrogen) atoms. The standard InChI is InChI=1S/C20H25FN2O4S/c1-5-18(15-9-10-19(27-3)14(2)11-15)22-20(24)13-23(28(4,25)26)17-8-6-7-16(21)12-17/h6-12,18H,5,13H2,1-4H3,(H,22,24)/t18-/m1/s1. The maximum Gasteiger partial charge on any atom is 0.241 e. The zero-order valence-electron chi connectivity index (χ0n) is 16.4. The molecule has 0 saturated heterocycles. The van der Waals surface area contributed by atoms with E-state index in [9.17, 15) is 17.6 Å². The second kappa shape index (κ2) is 9.05. The molecular weight excluding hydrogens is 383 g/mol. The molecule has 0 aliphatic rings. The van der Waals surface area contributed by atoms with Gasteiger partial charge in [-0.2, -0.15) is 0 Å². The van der Waals surface area contributed by atoms with Crippen molar-refractivity contribution in [1.29, 1.82) is 0 Å². The predicted octanol–water partition coefficient (Wildman–Crippen LogP) is 3.18. The molecule has 0 bridgehead atoms. The molecule has 0 aromatic heterocycles. The summed E-state index contributed by atoms with van der Waals surface area (Å²) in [5.41, 5.74) is 1.93. The van der Waals surface area contributed by atoms with Gasteiger partial charge in [0.25, 0.3) is 0 Å². The Morgan fingerprint density at radius 1 is 1.25 bits per heavy atom. The van der Waals surface area contributed by atoms with E-state index < -0.39 is 28.3 Å². The Balaban J connectivity index is 2.20. The van der Waals surface area contributed by atoms with Gasteiger partial charge in [-0.15, -0.1) is 0 Å². The molecule has 0 aliphatic carbocycles. The fraction of sp³-hybridized carbons (Fsp3) is 0.350. The molecule has 152 valence electrons. The van der Waals surface area contributed by atoms with Crippen LogP contribution in [0.4, 0.5) is 10.1 Å². The van der Waals surface area contributed by atoms with Gasteiger partial charge in [0.1, 0.15) is 18.1 Å². The quantitative estimate of drug-likeness (QED) is 0.728. The van der Waals surface area contributed by atoms with Crippen LogP contribution >= 0.6 is 0 Å². The summed E-state index contributed by atoms with van der Waals surface area (Å²) in [5, 5.41) is 2.86. The Morgan fingerprint density at radius 3 is 2.50 bits per heavy atom. The minimum absolute atomic E-state index is 0.103. The van der Waals surface area contributed by atoms with Gasteiger partial charge in [0.2, 0.25) is 15.9 Å². The van der Waals surface area contributed by atoms with E-state index in [4.69, 9.17) is 4.74 Å². The van der Waals surface area contributed by atoms with Crippen LogP contribution in [0.3, 0.4) is 0 Å². The minimum atomic E-state index is -3.76. The lowest BCUT2D eigenvalue weighted by molar-refractivity contribution is -0.120. The first-order chi connectivity index (χ1) is 13.2. The predicted molar refractivity (Wildman–Crippen MR) is 107 cm³/mol. The van der Waals surface area contributed by atoms with Crippen molar-refractivity contribution >= 4 is 21.6 Å². The SMILES string of the molecule is CC[C@@H](NC(=O)CN(c1cccc(F)c1)S(C)(=O)=O)c1ccc(OC)c(C)c1. The number of nitrogens with zero attached hydrogens (tertiary/aromatic N) is 1. The number of aryl methyl sites for hydroxylation is 1. The van der Waals surface area contributed by atoms with E-state index in [0.717, 1.165) is 33.5 Å². The van der Waals surface area contributed by atoms with Gasteiger partial charge in [-0.3, -0.25) is 9.10 Å². The number of hydrogen-bond acceptors (Lipinski definition) is 4. The zero-order valence-corrected chi connectivity index (χ0v) is 17.2. The minimum Gasteiger partial charge on any atom is -0.496 e. The van der Waals surface area contributed by atoms with Crippen LogP contribution in [0.5, 0.6) is 5.75 Å². The largest absolute Gasteiger partial charge is 0.496 e. The van der Waals surface area contributed by atoms with Crippen molar-refractivity contribution in [3.05, 3.63) is 59.4 Å². The molecule has 0 unspecified atom stereocenters. The van der Waals surface area contributed by atoms with Crippen LogP contribution in [0, 0.1) is 12.7 Å². The lowest BCUT2D eigenvalue weighted by Crippen LogP contribution is -2.41. The van der Waals surface area contributed by atoms with Crippen molar-refractivity contribution in [2.75, 3.05) is 24.2 Å². The average Bonchev–Trinajstić information content (AvgIpc) is 2.63. The summed E-state index contributed by atoms with van der Waals surface area (Å²) >= 11 is 0. The van der Waals surface area contributed by atoms with Crippen molar-refractivity contribution in [3.63, 3.8) is 0 Å². The second-order valence-corrected chi connectivity index (χ2v) is 8.41. The number of ether oxygens (including phenoxy) is 1. The highest BCUT2D eigenvalue weighted by Crippen LogP contribution is 2.24. The molecule has 6 nitrogen and oxygen atoms in total. The number of nitrogens with one attached hydrogen (secondary N) is 1. The Kier molecular flexibility index (Phi) is 7.01. The van der Waals surface area contributed by atoms with Crippen LogP contribution in [0.2, 0.25) is 0 Å². The molecule has 8 heteroatoms. The molecule has 2 aromatic carbocycles. The molecule has 2 rings (SSSR count). The molecule has 2 aromatic rings. The fourth-order valence-electron chi connectivity index (χ4n) is 2.94. The van der Waals surface area contributed by atoms with E-state index in [1.54, 1.807) is 7.11 Å². The molecule has 0 fully saturated rings. The number of anilines is 1. The van der Waals surface area contributed by atoms with E-state index in [-0.39, 0.29) is 11.7 Å². The molecule has 1 N–H and O–H groups in total. The number of hydrogen-bond donors (Lipinski definition) is 1. The van der Waals surface area contributed by atoms with Crippen molar-refractivity contribution in [2.24, 2.45) is 0 Å². The number of sulfonamides is 1. The number of methoxy groups -OCH3 is 1. The van der Waals surface area contributed by atoms with E-state index in [1.165, 1.54) is 18.2 Å². The highest BCUT2D eigenvalue weighted by molar-refractivity contribution is 7.92. The Morgan fingerprint density at radius 2 is 1.96 bits per heavy atom. The smallest absolute Gasteiger partial charge is 0.241 e. The van der Waals surface area contributed by atoms with Gasteiger partial charge < -0.3 is 10.1 Å². The van der Waals surface area contributed by atoms with Gasteiger partial charge in [0.15, 0.2) is 0 Å². The topological polar surface area (TPSA) is 75.7 Å². The second-order valence-electron chi connectivity index (χ2n) is 6.51. The molecule has 1 atom stereocenters. The van der Waals surface area contributed by atoms with Gasteiger partial charge in [0, 0.05) is 0 Å². The van der Waals surface area contributed by atoms with Crippen LogP contribution < -0.4 is 14.4 Å². The number of amides is 1. The van der Waals surface area contributed by atoms with E-state index >= 15 is 0 Å². The normalized spacial score (nSPS) is 12.3. The summed E-state index contributed by atoms with van der Waals surface area (Å²) in [7, 11) is -2.17. The summed E-state index contributed by atoms with van der Waals surface area (Å²) in [6.45, 7) is 3.39. The van der Waals surface area contributed by atoms with E-state index in [0.29, 0.717) is 6.42 Å². The van der Waals surface area contributed by atoms with Gasteiger partial charge in [-0.05, 0) is 48.7 Å². The maximum absolute atomic E-state index is 13.5. The van der Waals surface area contributed by atoms with Crippen LogP contribution in [0.25, 0.3) is 0 Å². The number of carbonyl (C=O) groups excluding carboxylic acids is 1. The zero-order chi connectivity index (χ0) is 20.9. The molecule has 0 spiro atoms. The first-order valence-corrected chi connectivity index (χ1v) is 10.7. The fourth-order valence-corrected chi connectivity index (χ4v) is 3.79. The van der Waals surface area contributed by atoms with Gasteiger partial charge in [-0.25, -0.2) is 12.8 Å². The lowest BCUT2D eigenvalue weighted by Gasteiger charge is -2.24. The summed E-state index contributed by atoms with van der Waals surface area (Å²) in [6.07, 6.45) is 1.60. The highest BCUT2D eigenvalue weighted by atomic mass is 32.2. The Labute approximate surface area is 165 Å². The summed E-state index contributed by atoms with van der Waals surface area (Å²) in [5.74, 6) is -0.305. The van der Waals surface area contributed by atoms with Gasteiger partial charge in [-0.1, -0.05) is 25.1 Å². The van der Waals surface area contributed by atoms with E-state index in [2.05, 4.69) is 5.32 Å². The number of carbonyl (C=O) groups is 1. The number of rotatable bonds is 8. The van der Waals surface area contributed by atoms with Gasteiger partial charge >= 0.3 is 0 Å². The first kappa shape index (κ1) is 21.7. The average molecular weight is 408 g/mol. The number of benzene rings is 2. The Hall–Kier alpha value is -2.61.